The standard InChI is InChI=1S/C27H22IN3O6/c1-16-7-6-8-18(11-16)29-23(32)15-37-24-21(28)13-17(14-22(24)36-2)12-20-25(33)30-27(35)31(26(20)34)19-9-4-3-5-10-19/h3-14H,15H2,1-2H3,(H,29,32)(H,30,33,35)/b20-12+. The molecule has 0 aliphatic carbocycles. The maximum absolute atomic E-state index is 13.1. The van der Waals surface area contributed by atoms with Gasteiger partial charge in [0.1, 0.15) is 5.57 Å². The van der Waals surface area contributed by atoms with Crippen molar-refractivity contribution >= 4 is 63.8 Å². The largest absolute Gasteiger partial charge is 0.493 e. The minimum atomic E-state index is -0.821. The fourth-order valence-electron chi connectivity index (χ4n) is 3.66. The molecular formula is C27H22IN3O6. The van der Waals surface area contributed by atoms with Crippen molar-refractivity contribution in [1.82, 2.24) is 5.32 Å². The molecule has 0 aromatic heterocycles. The van der Waals surface area contributed by atoms with Gasteiger partial charge in [0.25, 0.3) is 17.7 Å². The van der Waals surface area contributed by atoms with Crippen LogP contribution in [0.3, 0.4) is 0 Å². The number of nitrogens with one attached hydrogen (secondary N) is 2. The van der Waals surface area contributed by atoms with E-state index >= 15 is 0 Å². The van der Waals surface area contributed by atoms with Crippen LogP contribution in [0.15, 0.2) is 72.3 Å². The van der Waals surface area contributed by atoms with Crippen LogP contribution in [0.1, 0.15) is 11.1 Å². The number of aryl methyl sites for hydroxylation is 1. The van der Waals surface area contributed by atoms with Crippen LogP contribution in [-0.4, -0.2) is 37.5 Å². The predicted molar refractivity (Wildman–Crippen MR) is 146 cm³/mol. The first-order chi connectivity index (χ1) is 17.8. The zero-order chi connectivity index (χ0) is 26.5. The second kappa shape index (κ2) is 11.2. The Kier molecular flexibility index (Phi) is 7.87. The highest BCUT2D eigenvalue weighted by molar-refractivity contribution is 14.1. The third-order valence-electron chi connectivity index (χ3n) is 5.33. The number of anilines is 2. The lowest BCUT2D eigenvalue weighted by atomic mass is 10.1. The zero-order valence-corrected chi connectivity index (χ0v) is 22.1. The monoisotopic (exact) mass is 611 g/mol. The van der Waals surface area contributed by atoms with Crippen LogP contribution in [0.4, 0.5) is 16.2 Å². The van der Waals surface area contributed by atoms with Gasteiger partial charge >= 0.3 is 6.03 Å². The van der Waals surface area contributed by atoms with Crippen molar-refractivity contribution in [2.24, 2.45) is 0 Å². The molecule has 3 aromatic carbocycles. The second-order valence-electron chi connectivity index (χ2n) is 8.03. The van der Waals surface area contributed by atoms with Gasteiger partial charge in [-0.2, -0.15) is 0 Å². The summed E-state index contributed by atoms with van der Waals surface area (Å²) in [4.78, 5) is 51.2. The molecule has 1 fully saturated rings. The lowest BCUT2D eigenvalue weighted by Gasteiger charge is -2.26. The Morgan fingerprint density at radius 2 is 1.81 bits per heavy atom. The molecule has 0 spiro atoms. The zero-order valence-electron chi connectivity index (χ0n) is 19.9. The number of nitrogens with zero attached hydrogens (tertiary/aromatic N) is 1. The Labute approximate surface area is 226 Å². The van der Waals surface area contributed by atoms with Crippen molar-refractivity contribution < 1.29 is 28.7 Å². The molecule has 2 N–H and O–H groups in total. The molecule has 5 amide bonds. The van der Waals surface area contributed by atoms with Gasteiger partial charge in [-0.05, 0) is 83.1 Å². The third-order valence-corrected chi connectivity index (χ3v) is 6.13. The fourth-order valence-corrected chi connectivity index (χ4v) is 4.44. The quantitative estimate of drug-likeness (QED) is 0.234. The number of hydrogen-bond acceptors (Lipinski definition) is 6. The fraction of sp³-hybridized carbons (Fsp3) is 0.111. The summed E-state index contributed by atoms with van der Waals surface area (Å²) in [5, 5.41) is 4.97. The summed E-state index contributed by atoms with van der Waals surface area (Å²) in [6, 6.07) is 18.1. The number of carbonyl (C=O) groups excluding carboxylic acids is 4. The molecule has 0 saturated carbocycles. The summed E-state index contributed by atoms with van der Waals surface area (Å²) in [5.74, 6) is -1.25. The lowest BCUT2D eigenvalue weighted by Crippen LogP contribution is -2.54. The molecule has 1 saturated heterocycles. The van der Waals surface area contributed by atoms with Crippen molar-refractivity contribution in [2.75, 3.05) is 23.9 Å². The molecule has 10 heteroatoms. The summed E-state index contributed by atoms with van der Waals surface area (Å²) < 4.78 is 11.8. The second-order valence-corrected chi connectivity index (χ2v) is 9.20. The number of carbonyl (C=O) groups is 4. The van der Waals surface area contributed by atoms with E-state index in [0.717, 1.165) is 10.5 Å². The van der Waals surface area contributed by atoms with E-state index in [2.05, 4.69) is 10.6 Å². The SMILES string of the molecule is COc1cc(/C=C2\C(=O)NC(=O)N(c3ccccc3)C2=O)cc(I)c1OCC(=O)Nc1cccc(C)c1. The van der Waals surface area contributed by atoms with Crippen LogP contribution < -0.4 is 25.0 Å². The highest BCUT2D eigenvalue weighted by Gasteiger charge is 2.36. The number of rotatable bonds is 7. The Morgan fingerprint density at radius 1 is 1.05 bits per heavy atom. The van der Waals surface area contributed by atoms with Crippen molar-refractivity contribution in [3.05, 3.63) is 87.0 Å². The van der Waals surface area contributed by atoms with Gasteiger partial charge in [-0.3, -0.25) is 19.7 Å². The van der Waals surface area contributed by atoms with Crippen molar-refractivity contribution in [3.8, 4) is 11.5 Å². The predicted octanol–water partition coefficient (Wildman–Crippen LogP) is 4.29. The lowest BCUT2D eigenvalue weighted by molar-refractivity contribution is -0.122. The van der Waals surface area contributed by atoms with Gasteiger partial charge in [0.15, 0.2) is 18.1 Å². The van der Waals surface area contributed by atoms with Crippen LogP contribution >= 0.6 is 22.6 Å². The average molecular weight is 611 g/mol. The van der Waals surface area contributed by atoms with E-state index < -0.39 is 17.8 Å². The van der Waals surface area contributed by atoms with Gasteiger partial charge in [0, 0.05) is 5.69 Å². The number of halogens is 1. The number of methoxy groups -OCH3 is 1. The van der Waals surface area contributed by atoms with E-state index in [1.54, 1.807) is 48.5 Å². The minimum absolute atomic E-state index is 0.215. The number of benzene rings is 3. The number of para-hydroxylation sites is 1. The molecule has 37 heavy (non-hydrogen) atoms. The average Bonchev–Trinajstić information content (AvgIpc) is 2.86. The van der Waals surface area contributed by atoms with E-state index in [4.69, 9.17) is 9.47 Å². The molecule has 1 aliphatic rings. The number of ether oxygens (including phenoxy) is 2. The van der Waals surface area contributed by atoms with Crippen LogP contribution in [0.25, 0.3) is 6.08 Å². The molecule has 9 nitrogen and oxygen atoms in total. The number of amides is 5. The normalized spacial score (nSPS) is 14.4. The maximum Gasteiger partial charge on any atom is 0.335 e. The number of urea groups is 1. The molecule has 3 aromatic rings. The smallest absolute Gasteiger partial charge is 0.335 e. The van der Waals surface area contributed by atoms with E-state index in [0.29, 0.717) is 32.0 Å². The first kappa shape index (κ1) is 25.9. The van der Waals surface area contributed by atoms with E-state index in [1.165, 1.54) is 13.2 Å². The molecule has 188 valence electrons. The molecule has 1 heterocycles. The number of imide groups is 2. The molecule has 0 unspecified atom stereocenters. The van der Waals surface area contributed by atoms with Gasteiger partial charge in [-0.25, -0.2) is 9.69 Å². The first-order valence-corrected chi connectivity index (χ1v) is 12.2. The van der Waals surface area contributed by atoms with Gasteiger partial charge in [0.2, 0.25) is 0 Å². The first-order valence-electron chi connectivity index (χ1n) is 11.1. The van der Waals surface area contributed by atoms with Crippen molar-refractivity contribution in [2.45, 2.75) is 6.92 Å². The van der Waals surface area contributed by atoms with E-state index in [1.807, 2.05) is 47.7 Å². The molecule has 0 bridgehead atoms. The topological polar surface area (TPSA) is 114 Å². The summed E-state index contributed by atoms with van der Waals surface area (Å²) in [5.41, 5.74) is 2.27. The number of hydrogen-bond donors (Lipinski definition) is 2. The van der Waals surface area contributed by atoms with Gasteiger partial charge in [-0.1, -0.05) is 30.3 Å². The summed E-state index contributed by atoms with van der Waals surface area (Å²) in [7, 11) is 1.44. The van der Waals surface area contributed by atoms with Crippen LogP contribution in [0.2, 0.25) is 0 Å². The Hall–Kier alpha value is -4.19. The summed E-state index contributed by atoms with van der Waals surface area (Å²) >= 11 is 2.02. The van der Waals surface area contributed by atoms with Crippen molar-refractivity contribution in [1.29, 1.82) is 0 Å². The Bertz CT molecular complexity index is 1420. The van der Waals surface area contributed by atoms with E-state index in [-0.39, 0.29) is 18.1 Å². The van der Waals surface area contributed by atoms with E-state index in [9.17, 15) is 19.2 Å². The highest BCUT2D eigenvalue weighted by atomic mass is 127. The molecule has 0 atom stereocenters. The summed E-state index contributed by atoms with van der Waals surface area (Å²) in [6.07, 6.45) is 1.37. The summed E-state index contributed by atoms with van der Waals surface area (Å²) in [6.45, 7) is 1.67. The Morgan fingerprint density at radius 3 is 2.51 bits per heavy atom. The van der Waals surface area contributed by atoms with Crippen LogP contribution in [0.5, 0.6) is 11.5 Å². The molecule has 1 aliphatic heterocycles. The van der Waals surface area contributed by atoms with Gasteiger partial charge in [0.05, 0.1) is 16.4 Å². The van der Waals surface area contributed by atoms with Gasteiger partial charge < -0.3 is 14.8 Å². The maximum atomic E-state index is 13.1. The minimum Gasteiger partial charge on any atom is -0.493 e. The molecule has 0 radical (unpaired) electrons. The molecule has 4 rings (SSSR count). The highest BCUT2D eigenvalue weighted by Crippen LogP contribution is 2.35. The number of barbiturate groups is 1. The van der Waals surface area contributed by atoms with Gasteiger partial charge in [-0.15, -0.1) is 0 Å². The van der Waals surface area contributed by atoms with Crippen LogP contribution in [0, 0.1) is 10.5 Å². The molecular weight excluding hydrogens is 589 g/mol. The van der Waals surface area contributed by atoms with Crippen molar-refractivity contribution in [3.63, 3.8) is 0 Å². The third kappa shape index (κ3) is 5.97. The Balaban J connectivity index is 1.55. The van der Waals surface area contributed by atoms with Crippen LogP contribution in [-0.2, 0) is 14.4 Å².